The summed E-state index contributed by atoms with van der Waals surface area (Å²) >= 11 is 0. The number of rotatable bonds is 5. The van der Waals surface area contributed by atoms with Gasteiger partial charge in [0.15, 0.2) is 0 Å². The maximum absolute atomic E-state index is 14.9. The van der Waals surface area contributed by atoms with E-state index >= 15 is 0 Å². The molecule has 10 heteroatoms. The third kappa shape index (κ3) is 5.42. The fourth-order valence-corrected chi connectivity index (χ4v) is 4.31. The topological polar surface area (TPSA) is 114 Å². The Morgan fingerprint density at radius 1 is 1.00 bits per heavy atom. The molecule has 9 nitrogen and oxygen atoms in total. The molecule has 0 bridgehead atoms. The van der Waals surface area contributed by atoms with E-state index in [4.69, 9.17) is 4.52 Å². The molecule has 0 fully saturated rings. The Kier molecular flexibility index (Phi) is 6.85. The standard InChI is InChI=1S/C30H29FN6O3/c1-17-11-22(31)23(34-29(39)35-27-15-25(36-40-27)30(2,3)4)13-20(17)21-12-18-16-32-26(14-24(18)37(5)28(21)38)33-19-9-7-6-8-10-19/h6-16H,1-5H3,(H,32,33)(H2,34,35,39). The normalized spacial score (nSPS) is 11.4. The molecular weight excluding hydrogens is 511 g/mol. The zero-order chi connectivity index (χ0) is 28.6. The smallest absolute Gasteiger partial charge is 0.326 e. The maximum atomic E-state index is 14.9. The maximum Gasteiger partial charge on any atom is 0.326 e. The van der Waals surface area contributed by atoms with Gasteiger partial charge in [-0.15, -0.1) is 0 Å². The van der Waals surface area contributed by atoms with Crippen molar-refractivity contribution in [2.75, 3.05) is 16.0 Å². The first-order chi connectivity index (χ1) is 19.0. The van der Waals surface area contributed by atoms with Gasteiger partial charge in [0.25, 0.3) is 5.56 Å². The molecule has 2 amide bonds. The zero-order valence-corrected chi connectivity index (χ0v) is 22.8. The third-order valence-corrected chi connectivity index (χ3v) is 6.52. The lowest BCUT2D eigenvalue weighted by Crippen LogP contribution is -2.21. The summed E-state index contributed by atoms with van der Waals surface area (Å²) in [6, 6.07) is 16.8. The molecule has 3 N–H and O–H groups in total. The first-order valence-electron chi connectivity index (χ1n) is 12.7. The van der Waals surface area contributed by atoms with E-state index in [9.17, 15) is 14.0 Å². The van der Waals surface area contributed by atoms with Crippen LogP contribution in [0.1, 0.15) is 32.0 Å². The lowest BCUT2D eigenvalue weighted by molar-refractivity contribution is 0.261. The van der Waals surface area contributed by atoms with Gasteiger partial charge < -0.3 is 19.7 Å². The summed E-state index contributed by atoms with van der Waals surface area (Å²) in [5, 5.41) is 13.0. The minimum absolute atomic E-state index is 0.0867. The van der Waals surface area contributed by atoms with Gasteiger partial charge in [-0.05, 0) is 48.4 Å². The van der Waals surface area contributed by atoms with Crippen molar-refractivity contribution in [2.24, 2.45) is 7.05 Å². The number of nitrogens with one attached hydrogen (secondary N) is 3. The number of fused-ring (bicyclic) bond motifs is 1. The van der Waals surface area contributed by atoms with E-state index in [-0.39, 0.29) is 22.5 Å². The minimum atomic E-state index is -0.709. The average molecular weight is 541 g/mol. The van der Waals surface area contributed by atoms with E-state index in [0.717, 1.165) is 11.1 Å². The van der Waals surface area contributed by atoms with E-state index in [1.807, 2.05) is 51.1 Å². The molecule has 3 heterocycles. The molecule has 3 aromatic heterocycles. The second kappa shape index (κ2) is 10.3. The largest absolute Gasteiger partial charge is 0.340 e. The van der Waals surface area contributed by atoms with Gasteiger partial charge in [-0.2, -0.15) is 0 Å². The summed E-state index contributed by atoms with van der Waals surface area (Å²) < 4.78 is 21.6. The number of carbonyl (C=O) groups excluding carboxylic acids is 1. The van der Waals surface area contributed by atoms with E-state index in [2.05, 4.69) is 26.1 Å². The van der Waals surface area contributed by atoms with Crippen molar-refractivity contribution < 1.29 is 13.7 Å². The van der Waals surface area contributed by atoms with Gasteiger partial charge >= 0.3 is 6.03 Å². The number of hydrogen-bond donors (Lipinski definition) is 3. The Bertz CT molecular complexity index is 1790. The van der Waals surface area contributed by atoms with Crippen molar-refractivity contribution in [1.29, 1.82) is 0 Å². The molecule has 0 aliphatic rings. The van der Waals surface area contributed by atoms with Crippen LogP contribution in [0.25, 0.3) is 22.0 Å². The summed E-state index contributed by atoms with van der Waals surface area (Å²) in [4.78, 5) is 30.6. The van der Waals surface area contributed by atoms with Crippen LogP contribution in [-0.2, 0) is 12.5 Å². The summed E-state index contributed by atoms with van der Waals surface area (Å²) in [7, 11) is 1.68. The molecule has 5 rings (SSSR count). The number of amides is 2. The molecule has 5 aromatic rings. The number of pyridine rings is 2. The molecule has 0 aliphatic heterocycles. The first kappa shape index (κ1) is 26.6. The van der Waals surface area contributed by atoms with Gasteiger partial charge in [0.1, 0.15) is 11.6 Å². The number of aromatic nitrogens is 3. The Morgan fingerprint density at radius 3 is 2.45 bits per heavy atom. The molecule has 0 aliphatic carbocycles. The summed E-state index contributed by atoms with van der Waals surface area (Å²) in [5.41, 5.74) is 2.98. The quantitative estimate of drug-likeness (QED) is 0.228. The van der Waals surface area contributed by atoms with Crippen molar-refractivity contribution in [2.45, 2.75) is 33.1 Å². The van der Waals surface area contributed by atoms with Crippen LogP contribution in [0.4, 0.5) is 32.3 Å². The highest BCUT2D eigenvalue weighted by molar-refractivity contribution is 5.99. The van der Waals surface area contributed by atoms with E-state index in [0.29, 0.717) is 33.7 Å². The SMILES string of the molecule is Cc1cc(F)c(NC(=O)Nc2cc(C(C)(C)C)no2)cc1-c1cc2cnc(Nc3ccccc3)cc2n(C)c1=O. The second-order valence-corrected chi connectivity index (χ2v) is 10.6. The van der Waals surface area contributed by atoms with Crippen LogP contribution in [0.15, 0.2) is 76.2 Å². The van der Waals surface area contributed by atoms with Gasteiger partial charge in [0, 0.05) is 47.4 Å². The highest BCUT2D eigenvalue weighted by atomic mass is 19.1. The molecule has 0 radical (unpaired) electrons. The van der Waals surface area contributed by atoms with Crippen molar-refractivity contribution in [3.63, 3.8) is 0 Å². The molecule has 0 spiro atoms. The fraction of sp³-hybridized carbons (Fsp3) is 0.200. The predicted octanol–water partition coefficient (Wildman–Crippen LogP) is 6.72. The van der Waals surface area contributed by atoms with Gasteiger partial charge in [0.2, 0.25) is 5.88 Å². The third-order valence-electron chi connectivity index (χ3n) is 6.52. The molecule has 0 atom stereocenters. The number of para-hydroxylation sites is 1. The van der Waals surface area contributed by atoms with Gasteiger partial charge in [-0.1, -0.05) is 44.1 Å². The van der Waals surface area contributed by atoms with Crippen molar-refractivity contribution in [3.8, 4) is 11.1 Å². The Hall–Kier alpha value is -4.99. The van der Waals surface area contributed by atoms with Gasteiger partial charge in [0.05, 0.1) is 16.9 Å². The zero-order valence-electron chi connectivity index (χ0n) is 22.8. The predicted molar refractivity (Wildman–Crippen MR) is 155 cm³/mol. The number of halogens is 1. The Morgan fingerprint density at radius 2 is 1.75 bits per heavy atom. The minimum Gasteiger partial charge on any atom is -0.340 e. The van der Waals surface area contributed by atoms with Crippen LogP contribution >= 0.6 is 0 Å². The second-order valence-electron chi connectivity index (χ2n) is 10.6. The van der Waals surface area contributed by atoms with Crippen LogP contribution in [0.2, 0.25) is 0 Å². The molecule has 2 aromatic carbocycles. The molecule has 0 saturated carbocycles. The Labute approximate surface area is 230 Å². The lowest BCUT2D eigenvalue weighted by Gasteiger charge is -2.14. The van der Waals surface area contributed by atoms with Crippen molar-refractivity contribution in [3.05, 3.63) is 94.3 Å². The Balaban J connectivity index is 1.44. The van der Waals surface area contributed by atoms with Crippen LogP contribution in [-0.4, -0.2) is 20.7 Å². The number of aryl methyl sites for hydroxylation is 2. The van der Waals surface area contributed by atoms with Crippen LogP contribution in [0, 0.1) is 12.7 Å². The molecule has 0 unspecified atom stereocenters. The number of carbonyl (C=O) groups is 1. The van der Waals surface area contributed by atoms with Gasteiger partial charge in [-0.3, -0.25) is 10.1 Å². The average Bonchev–Trinajstić information content (AvgIpc) is 3.38. The highest BCUT2D eigenvalue weighted by Gasteiger charge is 2.21. The number of anilines is 4. The monoisotopic (exact) mass is 540 g/mol. The molecule has 204 valence electrons. The van der Waals surface area contributed by atoms with Crippen LogP contribution in [0.5, 0.6) is 0 Å². The number of urea groups is 1. The number of hydrogen-bond acceptors (Lipinski definition) is 6. The van der Waals surface area contributed by atoms with E-state index < -0.39 is 11.8 Å². The first-order valence-corrected chi connectivity index (χ1v) is 12.7. The van der Waals surface area contributed by atoms with Crippen LogP contribution < -0.4 is 21.5 Å². The number of benzene rings is 2. The van der Waals surface area contributed by atoms with Crippen LogP contribution in [0.3, 0.4) is 0 Å². The number of nitrogens with zero attached hydrogens (tertiary/aromatic N) is 3. The van der Waals surface area contributed by atoms with Crippen molar-refractivity contribution >= 4 is 40.0 Å². The lowest BCUT2D eigenvalue weighted by atomic mass is 9.92. The van der Waals surface area contributed by atoms with E-state index in [1.165, 1.54) is 16.7 Å². The summed E-state index contributed by atoms with van der Waals surface area (Å²) in [6.07, 6.45) is 1.68. The molecule has 40 heavy (non-hydrogen) atoms. The summed E-state index contributed by atoms with van der Waals surface area (Å²) in [5.74, 6) is 0.0886. The van der Waals surface area contributed by atoms with Gasteiger partial charge in [-0.25, -0.2) is 14.2 Å². The molecule has 0 saturated heterocycles. The van der Waals surface area contributed by atoms with Crippen molar-refractivity contribution in [1.82, 2.24) is 14.7 Å². The summed E-state index contributed by atoms with van der Waals surface area (Å²) in [6.45, 7) is 7.60. The molecular formula is C30H29FN6O3. The van der Waals surface area contributed by atoms with E-state index in [1.54, 1.807) is 38.4 Å². The highest BCUT2D eigenvalue weighted by Crippen LogP contribution is 2.30. The fourth-order valence-electron chi connectivity index (χ4n) is 4.31.